The number of halogens is 1. The Labute approximate surface area is 221 Å². The molecule has 186 valence electrons. The molecule has 3 heterocycles. The highest BCUT2D eigenvalue weighted by atomic mass is 35.5. The van der Waals surface area contributed by atoms with Crippen molar-refractivity contribution in [1.29, 1.82) is 0 Å². The number of amides is 1. The lowest BCUT2D eigenvalue weighted by Crippen LogP contribution is -2.35. The molecule has 0 N–H and O–H groups in total. The summed E-state index contributed by atoms with van der Waals surface area (Å²) in [5.74, 6) is 1.17. The maximum absolute atomic E-state index is 12.9. The van der Waals surface area contributed by atoms with Gasteiger partial charge in [-0.2, -0.15) is 10.1 Å². The van der Waals surface area contributed by atoms with Crippen molar-refractivity contribution in [2.75, 3.05) is 19.7 Å². The summed E-state index contributed by atoms with van der Waals surface area (Å²) in [5.41, 5.74) is 3.36. The predicted octanol–water partition coefficient (Wildman–Crippen LogP) is 6.68. The van der Waals surface area contributed by atoms with Gasteiger partial charge in [-0.05, 0) is 73.4 Å². The van der Waals surface area contributed by atoms with E-state index in [2.05, 4.69) is 23.7 Å². The van der Waals surface area contributed by atoms with Gasteiger partial charge in [-0.1, -0.05) is 43.6 Å². The number of likely N-dealkylation sites (tertiary alicyclic amines) is 1. The first-order chi connectivity index (χ1) is 17.5. The van der Waals surface area contributed by atoms with Crippen molar-refractivity contribution in [3.05, 3.63) is 70.2 Å². The average molecular weight is 521 g/mol. The smallest absolute Gasteiger partial charge is 0.286 e. The second kappa shape index (κ2) is 10.9. The minimum Gasteiger partial charge on any atom is -0.492 e. The van der Waals surface area contributed by atoms with Crippen molar-refractivity contribution < 1.29 is 9.53 Å². The second-order valence-corrected chi connectivity index (χ2v) is 10.6. The molecule has 1 aromatic heterocycles. The lowest BCUT2D eigenvalue weighted by molar-refractivity contribution is -0.113. The van der Waals surface area contributed by atoms with Gasteiger partial charge in [-0.25, -0.2) is 4.68 Å². The summed E-state index contributed by atoms with van der Waals surface area (Å²) in [6.07, 6.45) is 7.00. The van der Waals surface area contributed by atoms with Gasteiger partial charge in [-0.3, -0.25) is 4.79 Å². The number of rotatable bonds is 6. The lowest BCUT2D eigenvalue weighted by Gasteiger charge is -2.30. The largest absolute Gasteiger partial charge is 0.492 e. The van der Waals surface area contributed by atoms with E-state index in [9.17, 15) is 4.79 Å². The van der Waals surface area contributed by atoms with Gasteiger partial charge >= 0.3 is 0 Å². The normalized spacial score (nSPS) is 17.6. The molecule has 5 rings (SSSR count). The first-order valence-corrected chi connectivity index (χ1v) is 13.6. The zero-order valence-corrected chi connectivity index (χ0v) is 22.1. The fourth-order valence-electron chi connectivity index (χ4n) is 4.28. The fourth-order valence-corrected chi connectivity index (χ4v) is 5.47. The van der Waals surface area contributed by atoms with Crippen LogP contribution in [0.25, 0.3) is 23.0 Å². The monoisotopic (exact) mass is 520 g/mol. The van der Waals surface area contributed by atoms with Gasteiger partial charge in [0.25, 0.3) is 5.91 Å². The van der Waals surface area contributed by atoms with E-state index in [1.807, 2.05) is 65.5 Å². The van der Waals surface area contributed by atoms with Crippen molar-refractivity contribution in [3.8, 4) is 22.7 Å². The van der Waals surface area contributed by atoms with Gasteiger partial charge in [0.1, 0.15) is 11.4 Å². The third-order valence-corrected chi connectivity index (χ3v) is 7.72. The van der Waals surface area contributed by atoms with E-state index in [1.165, 1.54) is 11.8 Å². The molecule has 6 nitrogen and oxygen atoms in total. The van der Waals surface area contributed by atoms with Gasteiger partial charge in [0.2, 0.25) is 0 Å². The number of aliphatic imine (C=N–C) groups is 1. The molecule has 0 aliphatic carbocycles. The highest BCUT2D eigenvalue weighted by Crippen LogP contribution is 2.36. The number of hydrogen-bond acceptors (Lipinski definition) is 5. The molecule has 8 heteroatoms. The zero-order valence-electron chi connectivity index (χ0n) is 20.5. The summed E-state index contributed by atoms with van der Waals surface area (Å²) in [5, 5.41) is 6.21. The number of piperidine rings is 1. The van der Waals surface area contributed by atoms with Gasteiger partial charge in [0, 0.05) is 30.4 Å². The molecule has 1 fully saturated rings. The summed E-state index contributed by atoms with van der Waals surface area (Å²) in [7, 11) is 0. The van der Waals surface area contributed by atoms with Crippen LogP contribution in [0, 0.1) is 5.92 Å². The van der Waals surface area contributed by atoms with E-state index in [4.69, 9.17) is 21.4 Å². The quantitative estimate of drug-likeness (QED) is 0.339. The number of ether oxygens (including phenoxy) is 1. The lowest BCUT2D eigenvalue weighted by atomic mass is 10.00. The van der Waals surface area contributed by atoms with Crippen LogP contribution in [0.1, 0.15) is 38.7 Å². The molecular weight excluding hydrogens is 492 g/mol. The summed E-state index contributed by atoms with van der Waals surface area (Å²) in [6, 6.07) is 15.6. The fraction of sp³-hybridized carbons (Fsp3) is 0.321. The molecule has 3 aromatic rings. The number of para-hydroxylation sites is 1. The SMILES string of the molecule is CCCOc1ccc(-c2nn(-c3ccccc3)cc2/C=C2\SC(N3CCC(C)CC3)=NC2=O)cc1Cl. The average Bonchev–Trinajstić information content (AvgIpc) is 3.48. The number of hydrogen-bond donors (Lipinski definition) is 0. The first kappa shape index (κ1) is 24.7. The molecule has 0 saturated carbocycles. The van der Waals surface area contributed by atoms with Crippen LogP contribution in [-0.2, 0) is 4.79 Å². The van der Waals surface area contributed by atoms with Crippen molar-refractivity contribution in [2.24, 2.45) is 10.9 Å². The summed E-state index contributed by atoms with van der Waals surface area (Å²) < 4.78 is 7.57. The van der Waals surface area contributed by atoms with E-state index in [1.54, 1.807) is 0 Å². The molecule has 0 spiro atoms. The first-order valence-electron chi connectivity index (χ1n) is 12.4. The minimum atomic E-state index is -0.201. The molecule has 2 aliphatic heterocycles. The molecule has 2 aromatic carbocycles. The Balaban J connectivity index is 1.48. The molecule has 1 amide bonds. The number of nitrogens with zero attached hydrogens (tertiary/aromatic N) is 4. The number of thioether (sulfide) groups is 1. The minimum absolute atomic E-state index is 0.201. The third kappa shape index (κ3) is 5.37. The molecule has 2 aliphatic rings. The number of amidine groups is 1. The number of carbonyl (C=O) groups is 1. The van der Waals surface area contributed by atoms with E-state index in [0.29, 0.717) is 22.3 Å². The van der Waals surface area contributed by atoms with Gasteiger partial charge in [0.15, 0.2) is 5.17 Å². The van der Waals surface area contributed by atoms with Crippen LogP contribution in [0.4, 0.5) is 0 Å². The highest BCUT2D eigenvalue weighted by Gasteiger charge is 2.29. The number of aromatic nitrogens is 2. The van der Waals surface area contributed by atoms with Crippen LogP contribution in [0.15, 0.2) is 64.6 Å². The van der Waals surface area contributed by atoms with E-state index in [0.717, 1.165) is 65.9 Å². The molecule has 1 saturated heterocycles. The molecule has 0 unspecified atom stereocenters. The number of carbonyl (C=O) groups excluding carboxylic acids is 1. The van der Waals surface area contributed by atoms with Crippen molar-refractivity contribution in [2.45, 2.75) is 33.1 Å². The molecule has 0 atom stereocenters. The van der Waals surface area contributed by atoms with Crippen LogP contribution in [0.5, 0.6) is 5.75 Å². The Bertz CT molecular complexity index is 1310. The van der Waals surface area contributed by atoms with E-state index < -0.39 is 0 Å². The van der Waals surface area contributed by atoms with Crippen molar-refractivity contribution >= 4 is 40.5 Å². The van der Waals surface area contributed by atoms with Crippen LogP contribution in [0.3, 0.4) is 0 Å². The Morgan fingerprint density at radius 1 is 1.17 bits per heavy atom. The Morgan fingerprint density at radius 3 is 2.67 bits per heavy atom. The molecule has 0 radical (unpaired) electrons. The second-order valence-electron chi connectivity index (χ2n) is 9.19. The van der Waals surface area contributed by atoms with Gasteiger partial charge in [0.05, 0.1) is 22.2 Å². The number of benzene rings is 2. The molecule has 0 bridgehead atoms. The van der Waals surface area contributed by atoms with E-state index >= 15 is 0 Å². The van der Waals surface area contributed by atoms with Gasteiger partial charge in [-0.15, -0.1) is 0 Å². The summed E-state index contributed by atoms with van der Waals surface area (Å²) >= 11 is 7.99. The van der Waals surface area contributed by atoms with Crippen molar-refractivity contribution in [1.82, 2.24) is 14.7 Å². The Morgan fingerprint density at radius 2 is 1.94 bits per heavy atom. The molecular formula is C28H29ClN4O2S. The Hall–Kier alpha value is -3.03. The highest BCUT2D eigenvalue weighted by molar-refractivity contribution is 8.18. The van der Waals surface area contributed by atoms with Crippen LogP contribution < -0.4 is 4.74 Å². The van der Waals surface area contributed by atoms with Crippen molar-refractivity contribution in [3.63, 3.8) is 0 Å². The Kier molecular flexibility index (Phi) is 7.48. The molecule has 36 heavy (non-hydrogen) atoms. The summed E-state index contributed by atoms with van der Waals surface area (Å²) in [6.45, 7) is 6.82. The third-order valence-electron chi connectivity index (χ3n) is 6.38. The van der Waals surface area contributed by atoms with Crippen LogP contribution in [-0.4, -0.2) is 45.5 Å². The van der Waals surface area contributed by atoms with E-state index in [-0.39, 0.29) is 5.91 Å². The summed E-state index contributed by atoms with van der Waals surface area (Å²) in [4.78, 5) is 20.1. The zero-order chi connectivity index (χ0) is 25.1. The van der Waals surface area contributed by atoms with Crippen LogP contribution >= 0.6 is 23.4 Å². The standard InChI is InChI=1S/C28H29ClN4O2S/c1-3-15-35-24-10-9-20(16-23(24)29)26-21(18-33(31-26)22-7-5-4-6-8-22)17-25-27(34)30-28(36-25)32-13-11-19(2)12-14-32/h4-10,16-19H,3,11-15H2,1-2H3/b25-17-. The van der Waals surface area contributed by atoms with Gasteiger partial charge < -0.3 is 9.64 Å². The maximum Gasteiger partial charge on any atom is 0.286 e. The maximum atomic E-state index is 12.9. The predicted molar refractivity (Wildman–Crippen MR) is 148 cm³/mol. The van der Waals surface area contributed by atoms with Crippen LogP contribution in [0.2, 0.25) is 5.02 Å². The topological polar surface area (TPSA) is 59.7 Å².